The summed E-state index contributed by atoms with van der Waals surface area (Å²) in [7, 11) is 0. The van der Waals surface area contributed by atoms with Crippen LogP contribution in [0.1, 0.15) is 47.4 Å². The number of amides is 2. The van der Waals surface area contributed by atoms with E-state index < -0.39 is 24.4 Å². The summed E-state index contributed by atoms with van der Waals surface area (Å²) < 4.78 is 5.08. The molecule has 0 saturated carbocycles. The van der Waals surface area contributed by atoms with E-state index in [0.29, 0.717) is 18.2 Å². The molecule has 0 radical (unpaired) electrons. The molecule has 2 unspecified atom stereocenters. The lowest BCUT2D eigenvalue weighted by atomic mass is 10.1. The number of benzene rings is 2. The van der Waals surface area contributed by atoms with E-state index in [1.807, 2.05) is 0 Å². The van der Waals surface area contributed by atoms with E-state index in [-0.39, 0.29) is 34.4 Å². The van der Waals surface area contributed by atoms with Crippen LogP contribution in [0.15, 0.2) is 48.5 Å². The fourth-order valence-electron chi connectivity index (χ4n) is 3.28. The molecule has 1 fully saturated rings. The van der Waals surface area contributed by atoms with Gasteiger partial charge in [0.15, 0.2) is 6.61 Å². The normalized spacial score (nSPS) is 16.8. The van der Waals surface area contributed by atoms with Gasteiger partial charge in [0.1, 0.15) is 0 Å². The Hall–Kier alpha value is -3.03. The third-order valence-corrected chi connectivity index (χ3v) is 5.76. The van der Waals surface area contributed by atoms with Crippen molar-refractivity contribution in [2.45, 2.75) is 32.7 Å². The standard InChI is InChI=1S/C24H25ClN2O5/c1-3-15(2)13-26-20-12-22(29)27(23(20)30)17-10-8-16(9-11-17)24(31)32-14-21(28)18-6-4-5-7-19(18)25/h4-11,15,20,26H,3,12-14H2,1-2H3. The van der Waals surface area contributed by atoms with Crippen molar-refractivity contribution < 1.29 is 23.9 Å². The van der Waals surface area contributed by atoms with Gasteiger partial charge in [0, 0.05) is 5.56 Å². The molecule has 1 aliphatic rings. The highest BCUT2D eigenvalue weighted by molar-refractivity contribution is 6.34. The van der Waals surface area contributed by atoms with Crippen LogP contribution in [-0.2, 0) is 14.3 Å². The van der Waals surface area contributed by atoms with Gasteiger partial charge in [-0.15, -0.1) is 0 Å². The average Bonchev–Trinajstić information content (AvgIpc) is 3.08. The third-order valence-electron chi connectivity index (χ3n) is 5.43. The van der Waals surface area contributed by atoms with Crippen molar-refractivity contribution in [2.24, 2.45) is 5.92 Å². The van der Waals surface area contributed by atoms with E-state index in [1.54, 1.807) is 24.3 Å². The summed E-state index contributed by atoms with van der Waals surface area (Å²) in [4.78, 5) is 50.7. The number of rotatable bonds is 9. The van der Waals surface area contributed by atoms with Gasteiger partial charge < -0.3 is 10.1 Å². The zero-order chi connectivity index (χ0) is 23.3. The molecule has 0 aromatic heterocycles. The van der Waals surface area contributed by atoms with E-state index in [9.17, 15) is 19.2 Å². The molecule has 1 saturated heterocycles. The second-order valence-electron chi connectivity index (χ2n) is 7.77. The quantitative estimate of drug-likeness (QED) is 0.352. The smallest absolute Gasteiger partial charge is 0.338 e. The molecule has 2 aromatic rings. The molecule has 3 rings (SSSR count). The predicted molar refractivity (Wildman–Crippen MR) is 121 cm³/mol. The van der Waals surface area contributed by atoms with Crippen LogP contribution in [-0.4, -0.2) is 42.8 Å². The lowest BCUT2D eigenvalue weighted by Crippen LogP contribution is -2.40. The molecule has 168 valence electrons. The summed E-state index contributed by atoms with van der Waals surface area (Å²) in [5, 5.41) is 3.45. The largest absolute Gasteiger partial charge is 0.454 e. The Morgan fingerprint density at radius 1 is 1.16 bits per heavy atom. The SMILES string of the molecule is CCC(C)CNC1CC(=O)N(c2ccc(C(=O)OCC(=O)c3ccccc3Cl)cc2)C1=O. The number of imide groups is 1. The second-order valence-corrected chi connectivity index (χ2v) is 8.18. The minimum atomic E-state index is -0.691. The Kier molecular flexibility index (Phi) is 7.77. The predicted octanol–water partition coefficient (Wildman–Crippen LogP) is 3.65. The summed E-state index contributed by atoms with van der Waals surface area (Å²) in [6, 6.07) is 11.9. The Bertz CT molecular complexity index is 1020. The van der Waals surface area contributed by atoms with Crippen molar-refractivity contribution in [3.8, 4) is 0 Å². The first-order chi connectivity index (χ1) is 15.3. The Labute approximate surface area is 191 Å². The minimum absolute atomic E-state index is 0.100. The number of carbonyl (C=O) groups is 4. The van der Waals surface area contributed by atoms with Crippen LogP contribution in [0.4, 0.5) is 5.69 Å². The summed E-state index contributed by atoms with van der Waals surface area (Å²) in [6.07, 6.45) is 1.08. The highest BCUT2D eigenvalue weighted by atomic mass is 35.5. The van der Waals surface area contributed by atoms with E-state index in [0.717, 1.165) is 11.3 Å². The van der Waals surface area contributed by atoms with Crippen LogP contribution >= 0.6 is 11.6 Å². The van der Waals surface area contributed by atoms with Gasteiger partial charge in [0.25, 0.3) is 5.91 Å². The van der Waals surface area contributed by atoms with Crippen molar-refractivity contribution in [1.82, 2.24) is 5.32 Å². The molecule has 32 heavy (non-hydrogen) atoms. The third kappa shape index (κ3) is 5.41. The second kappa shape index (κ2) is 10.5. The van der Waals surface area contributed by atoms with Gasteiger partial charge in [-0.05, 0) is 48.9 Å². The molecule has 2 aromatic carbocycles. The monoisotopic (exact) mass is 456 g/mol. The molecule has 8 heteroatoms. The number of halogens is 1. The number of nitrogens with zero attached hydrogens (tertiary/aromatic N) is 1. The molecule has 1 N–H and O–H groups in total. The number of hydrogen-bond donors (Lipinski definition) is 1. The lowest BCUT2D eigenvalue weighted by molar-refractivity contribution is -0.121. The van der Waals surface area contributed by atoms with Crippen molar-refractivity contribution in [3.05, 3.63) is 64.7 Å². The van der Waals surface area contributed by atoms with E-state index in [4.69, 9.17) is 16.3 Å². The number of ketones is 1. The fraction of sp³-hybridized carbons (Fsp3) is 0.333. The zero-order valence-corrected chi connectivity index (χ0v) is 18.7. The van der Waals surface area contributed by atoms with Crippen LogP contribution < -0.4 is 10.2 Å². The fourth-order valence-corrected chi connectivity index (χ4v) is 3.52. The summed E-state index contributed by atoms with van der Waals surface area (Å²) in [6.45, 7) is 4.36. The maximum absolute atomic E-state index is 12.7. The molecule has 0 spiro atoms. The lowest BCUT2D eigenvalue weighted by Gasteiger charge is -2.17. The van der Waals surface area contributed by atoms with Crippen molar-refractivity contribution >= 4 is 40.9 Å². The zero-order valence-electron chi connectivity index (χ0n) is 18.0. The summed E-state index contributed by atoms with van der Waals surface area (Å²) in [5.41, 5.74) is 0.864. The molecule has 2 atom stereocenters. The molecule has 7 nitrogen and oxygen atoms in total. The van der Waals surface area contributed by atoms with E-state index >= 15 is 0 Å². The molecular weight excluding hydrogens is 432 g/mol. The summed E-state index contributed by atoms with van der Waals surface area (Å²) >= 11 is 5.98. The minimum Gasteiger partial charge on any atom is -0.454 e. The number of anilines is 1. The van der Waals surface area contributed by atoms with Crippen LogP contribution in [0.3, 0.4) is 0 Å². The van der Waals surface area contributed by atoms with Crippen LogP contribution in [0.5, 0.6) is 0 Å². The van der Waals surface area contributed by atoms with E-state index in [2.05, 4.69) is 19.2 Å². The number of Topliss-reactive ketones (excluding diaryl/α,β-unsaturated/α-hetero) is 1. The number of ether oxygens (including phenoxy) is 1. The maximum atomic E-state index is 12.7. The van der Waals surface area contributed by atoms with Gasteiger partial charge in [-0.25, -0.2) is 9.69 Å². The summed E-state index contributed by atoms with van der Waals surface area (Å²) in [5.74, 6) is -1.30. The Balaban J connectivity index is 1.60. The van der Waals surface area contributed by atoms with Crippen molar-refractivity contribution in [2.75, 3.05) is 18.1 Å². The van der Waals surface area contributed by atoms with E-state index in [1.165, 1.54) is 24.3 Å². The van der Waals surface area contributed by atoms with Gasteiger partial charge in [-0.1, -0.05) is 44.0 Å². The number of hydrogen-bond acceptors (Lipinski definition) is 6. The number of nitrogens with one attached hydrogen (secondary N) is 1. The first kappa shape index (κ1) is 23.6. The molecule has 2 amide bonds. The van der Waals surface area contributed by atoms with Crippen molar-refractivity contribution in [3.63, 3.8) is 0 Å². The van der Waals surface area contributed by atoms with Crippen LogP contribution in [0.25, 0.3) is 0 Å². The topological polar surface area (TPSA) is 92.8 Å². The Morgan fingerprint density at radius 3 is 2.50 bits per heavy atom. The maximum Gasteiger partial charge on any atom is 0.338 e. The molecule has 1 heterocycles. The van der Waals surface area contributed by atoms with Gasteiger partial charge in [-0.3, -0.25) is 14.4 Å². The first-order valence-corrected chi connectivity index (χ1v) is 10.8. The highest BCUT2D eigenvalue weighted by Gasteiger charge is 2.39. The van der Waals surface area contributed by atoms with Crippen LogP contribution in [0.2, 0.25) is 5.02 Å². The number of esters is 1. The average molecular weight is 457 g/mol. The van der Waals surface area contributed by atoms with Gasteiger partial charge in [0.2, 0.25) is 11.7 Å². The molecule has 1 aliphatic heterocycles. The van der Waals surface area contributed by atoms with Crippen LogP contribution in [0, 0.1) is 5.92 Å². The molecular formula is C24H25ClN2O5. The number of carbonyl (C=O) groups excluding carboxylic acids is 4. The van der Waals surface area contributed by atoms with Gasteiger partial charge in [-0.2, -0.15) is 0 Å². The van der Waals surface area contributed by atoms with Gasteiger partial charge >= 0.3 is 5.97 Å². The highest BCUT2D eigenvalue weighted by Crippen LogP contribution is 2.24. The van der Waals surface area contributed by atoms with Crippen molar-refractivity contribution in [1.29, 1.82) is 0 Å². The molecule has 0 aliphatic carbocycles. The van der Waals surface area contributed by atoms with Gasteiger partial charge in [0.05, 0.1) is 28.7 Å². The molecule has 0 bridgehead atoms. The first-order valence-electron chi connectivity index (χ1n) is 10.5. The Morgan fingerprint density at radius 2 is 1.84 bits per heavy atom.